The molecule has 0 unspecified atom stereocenters. The molecule has 5 N–H and O–H groups in total. The minimum atomic E-state index is -0.507. The fraction of sp³-hybridized carbons (Fsp3) is 0. The van der Waals surface area contributed by atoms with Crippen LogP contribution in [0.15, 0.2) is 36.5 Å². The van der Waals surface area contributed by atoms with Crippen molar-refractivity contribution in [2.24, 2.45) is 0 Å². The predicted molar refractivity (Wildman–Crippen MR) is 62.7 cm³/mol. The predicted octanol–water partition coefficient (Wildman–Crippen LogP) is 2.13. The first-order valence-corrected chi connectivity index (χ1v) is 4.70. The second-order valence-corrected chi connectivity index (χ2v) is 3.27. The van der Waals surface area contributed by atoms with Crippen molar-refractivity contribution in [3.05, 3.63) is 42.3 Å². The number of nitrogens with one attached hydrogen (secondary N) is 1. The molecule has 0 atom stereocenters. The third kappa shape index (κ3) is 1.88. The number of pyridine rings is 1. The third-order valence-corrected chi connectivity index (χ3v) is 2.14. The van der Waals surface area contributed by atoms with Crippen molar-refractivity contribution >= 4 is 22.9 Å². The molecule has 16 heavy (non-hydrogen) atoms. The summed E-state index contributed by atoms with van der Waals surface area (Å²) in [5, 5.41) is 2.88. The summed E-state index contributed by atoms with van der Waals surface area (Å²) in [6.07, 6.45) is 1.62. The molecule has 0 saturated carbocycles. The van der Waals surface area contributed by atoms with E-state index < -0.39 is 5.82 Å². The van der Waals surface area contributed by atoms with Gasteiger partial charge in [-0.15, -0.1) is 0 Å². The largest absolute Gasteiger partial charge is 0.397 e. The lowest BCUT2D eigenvalue weighted by molar-refractivity contribution is 0.633. The summed E-state index contributed by atoms with van der Waals surface area (Å²) in [5.74, 6) is 0.0548. The van der Waals surface area contributed by atoms with Crippen molar-refractivity contribution in [3.8, 4) is 0 Å². The van der Waals surface area contributed by atoms with Crippen LogP contribution in [-0.2, 0) is 0 Å². The Morgan fingerprint density at radius 3 is 2.62 bits per heavy atom. The fourth-order valence-corrected chi connectivity index (χ4v) is 1.32. The molecule has 0 aliphatic heterocycles. The van der Waals surface area contributed by atoms with Crippen LogP contribution in [0.1, 0.15) is 0 Å². The zero-order valence-electron chi connectivity index (χ0n) is 8.44. The number of anilines is 4. The summed E-state index contributed by atoms with van der Waals surface area (Å²) >= 11 is 0. The lowest BCUT2D eigenvalue weighted by Crippen LogP contribution is -2.03. The Bertz CT molecular complexity index is 499. The molecule has 0 spiro atoms. The lowest BCUT2D eigenvalue weighted by Gasteiger charge is -2.11. The minimum Gasteiger partial charge on any atom is -0.397 e. The maximum atomic E-state index is 13.2. The molecule has 0 fully saturated rings. The smallest absolute Gasteiger partial charge is 0.148 e. The van der Waals surface area contributed by atoms with Gasteiger partial charge in [0.25, 0.3) is 0 Å². The monoisotopic (exact) mass is 218 g/mol. The van der Waals surface area contributed by atoms with Gasteiger partial charge in [0.05, 0.1) is 17.1 Å². The molecule has 4 nitrogen and oxygen atoms in total. The second-order valence-electron chi connectivity index (χ2n) is 3.27. The van der Waals surface area contributed by atoms with Crippen LogP contribution in [0, 0.1) is 5.82 Å². The first-order chi connectivity index (χ1) is 7.68. The van der Waals surface area contributed by atoms with E-state index in [2.05, 4.69) is 10.3 Å². The van der Waals surface area contributed by atoms with Crippen LogP contribution in [0.25, 0.3) is 0 Å². The van der Waals surface area contributed by atoms with Gasteiger partial charge >= 0.3 is 0 Å². The quantitative estimate of drug-likeness (QED) is 0.675. The average molecular weight is 218 g/mol. The molecule has 0 bridgehead atoms. The number of hydrogen-bond donors (Lipinski definition) is 3. The van der Waals surface area contributed by atoms with Crippen LogP contribution in [-0.4, -0.2) is 4.98 Å². The van der Waals surface area contributed by atoms with E-state index in [1.165, 1.54) is 12.1 Å². The summed E-state index contributed by atoms with van der Waals surface area (Å²) in [7, 11) is 0. The molecule has 0 aliphatic carbocycles. The Morgan fingerprint density at radius 1 is 1.12 bits per heavy atom. The molecule has 1 heterocycles. The highest BCUT2D eigenvalue weighted by Crippen LogP contribution is 2.30. The molecule has 0 radical (unpaired) electrons. The Morgan fingerprint density at radius 2 is 1.94 bits per heavy atom. The highest BCUT2D eigenvalue weighted by molar-refractivity contribution is 5.83. The van der Waals surface area contributed by atoms with Crippen LogP contribution in [0.5, 0.6) is 0 Å². The number of hydrogen-bond acceptors (Lipinski definition) is 4. The van der Waals surface area contributed by atoms with Gasteiger partial charge in [0, 0.05) is 6.20 Å². The first-order valence-electron chi connectivity index (χ1n) is 4.70. The van der Waals surface area contributed by atoms with Gasteiger partial charge < -0.3 is 16.8 Å². The molecule has 0 amide bonds. The SMILES string of the molecule is Nc1ccc(F)c(N)c1Nc1ccccn1. The van der Waals surface area contributed by atoms with Gasteiger partial charge in [0.15, 0.2) is 0 Å². The molecular formula is C11H11FN4. The summed E-state index contributed by atoms with van der Waals surface area (Å²) < 4.78 is 13.2. The second kappa shape index (κ2) is 4.06. The summed E-state index contributed by atoms with van der Waals surface area (Å²) in [5.41, 5.74) is 12.0. The molecule has 0 aliphatic rings. The fourth-order valence-electron chi connectivity index (χ4n) is 1.32. The number of halogens is 1. The summed E-state index contributed by atoms with van der Waals surface area (Å²) in [6, 6.07) is 8.01. The zero-order valence-corrected chi connectivity index (χ0v) is 8.44. The minimum absolute atomic E-state index is 0.00865. The van der Waals surface area contributed by atoms with Crippen molar-refractivity contribution in [1.29, 1.82) is 0 Å². The standard InChI is InChI=1S/C11H11FN4/c12-7-4-5-8(13)11(10(7)14)16-9-3-1-2-6-15-9/h1-6H,13-14H2,(H,15,16). The number of nitrogens with zero attached hydrogens (tertiary/aromatic N) is 1. The Hall–Kier alpha value is -2.30. The molecule has 82 valence electrons. The maximum absolute atomic E-state index is 13.2. The van der Waals surface area contributed by atoms with Crippen LogP contribution in [0.2, 0.25) is 0 Å². The van der Waals surface area contributed by atoms with E-state index in [9.17, 15) is 4.39 Å². The molecule has 1 aromatic carbocycles. The number of aromatic nitrogens is 1. The Kier molecular flexibility index (Phi) is 2.59. The number of nitrogen functional groups attached to an aromatic ring is 2. The van der Waals surface area contributed by atoms with Gasteiger partial charge in [-0.1, -0.05) is 6.07 Å². The van der Waals surface area contributed by atoms with E-state index in [0.29, 0.717) is 17.2 Å². The van der Waals surface area contributed by atoms with Crippen molar-refractivity contribution in [2.75, 3.05) is 16.8 Å². The maximum Gasteiger partial charge on any atom is 0.148 e. The van der Waals surface area contributed by atoms with Crippen molar-refractivity contribution in [3.63, 3.8) is 0 Å². The molecule has 2 aromatic rings. The highest BCUT2D eigenvalue weighted by atomic mass is 19.1. The number of rotatable bonds is 2. The lowest BCUT2D eigenvalue weighted by atomic mass is 10.2. The Balaban J connectivity index is 2.38. The van der Waals surface area contributed by atoms with Gasteiger partial charge in [-0.05, 0) is 24.3 Å². The normalized spacial score (nSPS) is 10.1. The highest BCUT2D eigenvalue weighted by Gasteiger charge is 2.09. The van der Waals surface area contributed by atoms with Crippen molar-refractivity contribution < 1.29 is 4.39 Å². The first kappa shape index (κ1) is 10.2. The van der Waals surface area contributed by atoms with Gasteiger partial charge in [-0.3, -0.25) is 0 Å². The van der Waals surface area contributed by atoms with Gasteiger partial charge in [-0.2, -0.15) is 0 Å². The third-order valence-electron chi connectivity index (χ3n) is 2.14. The van der Waals surface area contributed by atoms with E-state index in [1.807, 2.05) is 0 Å². The van der Waals surface area contributed by atoms with E-state index >= 15 is 0 Å². The Labute approximate surface area is 92.1 Å². The van der Waals surface area contributed by atoms with Crippen molar-refractivity contribution in [1.82, 2.24) is 4.98 Å². The van der Waals surface area contributed by atoms with Crippen LogP contribution in [0.3, 0.4) is 0 Å². The van der Waals surface area contributed by atoms with Gasteiger partial charge in [0.2, 0.25) is 0 Å². The van der Waals surface area contributed by atoms with Crippen molar-refractivity contribution in [2.45, 2.75) is 0 Å². The molecule has 1 aromatic heterocycles. The van der Waals surface area contributed by atoms with Crippen LogP contribution in [0.4, 0.5) is 27.3 Å². The van der Waals surface area contributed by atoms with E-state index in [-0.39, 0.29) is 5.69 Å². The van der Waals surface area contributed by atoms with E-state index in [0.717, 1.165) is 0 Å². The average Bonchev–Trinajstić information content (AvgIpc) is 2.31. The van der Waals surface area contributed by atoms with Gasteiger partial charge in [0.1, 0.15) is 11.6 Å². The summed E-state index contributed by atoms with van der Waals surface area (Å²) in [4.78, 5) is 4.04. The molecule has 5 heteroatoms. The number of benzene rings is 1. The van der Waals surface area contributed by atoms with E-state index in [4.69, 9.17) is 11.5 Å². The van der Waals surface area contributed by atoms with Gasteiger partial charge in [-0.25, -0.2) is 9.37 Å². The molecule has 0 saturated heterocycles. The van der Waals surface area contributed by atoms with Crippen LogP contribution < -0.4 is 16.8 Å². The van der Waals surface area contributed by atoms with E-state index in [1.54, 1.807) is 24.4 Å². The zero-order chi connectivity index (χ0) is 11.5. The molecular weight excluding hydrogens is 207 g/mol. The van der Waals surface area contributed by atoms with Crippen LogP contribution >= 0.6 is 0 Å². The summed E-state index contributed by atoms with van der Waals surface area (Å²) in [6.45, 7) is 0. The number of nitrogens with two attached hydrogens (primary N) is 2. The topological polar surface area (TPSA) is 77.0 Å². The molecule has 2 rings (SSSR count).